The van der Waals surface area contributed by atoms with E-state index in [-0.39, 0.29) is 12.4 Å². The topological polar surface area (TPSA) is 58.0 Å². The van der Waals surface area contributed by atoms with Crippen LogP contribution in [0.5, 0.6) is 5.75 Å². The molecule has 1 aromatic rings. The molecule has 0 bridgehead atoms. The van der Waals surface area contributed by atoms with Crippen LogP contribution in [-0.4, -0.2) is 13.7 Å². The Balaban J connectivity index is 2.77. The summed E-state index contributed by atoms with van der Waals surface area (Å²) < 4.78 is 18.2. The Labute approximate surface area is 86.6 Å². The fourth-order valence-electron chi connectivity index (χ4n) is 1.03. The van der Waals surface area contributed by atoms with Crippen LogP contribution in [0.1, 0.15) is 5.56 Å². The van der Waals surface area contributed by atoms with E-state index in [1.54, 1.807) is 24.3 Å². The van der Waals surface area contributed by atoms with Crippen LogP contribution >= 0.6 is 0 Å². The normalized spacial score (nSPS) is 10.0. The second-order valence-corrected chi connectivity index (χ2v) is 2.70. The average molecular weight is 207 g/mol. The highest BCUT2D eigenvalue weighted by molar-refractivity contribution is 5.51. The van der Waals surface area contributed by atoms with Crippen LogP contribution in [0.2, 0.25) is 0 Å². The second-order valence-electron chi connectivity index (χ2n) is 2.70. The van der Waals surface area contributed by atoms with Crippen LogP contribution in [0, 0.1) is 5.82 Å². The summed E-state index contributed by atoms with van der Waals surface area (Å²) in [5, 5.41) is 3.30. The summed E-state index contributed by atoms with van der Waals surface area (Å²) in [4.78, 5) is 2.58. The van der Waals surface area contributed by atoms with E-state index >= 15 is 0 Å². The molecule has 0 heterocycles. The van der Waals surface area contributed by atoms with Crippen molar-refractivity contribution in [3.05, 3.63) is 46.1 Å². The van der Waals surface area contributed by atoms with Gasteiger partial charge >= 0.3 is 0 Å². The Morgan fingerprint density at radius 1 is 1.60 bits per heavy atom. The third-order valence-electron chi connectivity index (χ3n) is 1.76. The minimum Gasteiger partial charge on any atom is -0.497 e. The predicted molar refractivity (Wildman–Crippen MR) is 56.0 cm³/mol. The summed E-state index contributed by atoms with van der Waals surface area (Å²) in [5.74, 6) is 0.103. The van der Waals surface area contributed by atoms with Gasteiger partial charge in [-0.05, 0) is 17.7 Å². The number of halogens is 1. The van der Waals surface area contributed by atoms with E-state index in [9.17, 15) is 4.39 Å². The largest absolute Gasteiger partial charge is 0.497 e. The maximum atomic E-state index is 13.3. The fraction of sp³-hybridized carbons (Fsp3) is 0.200. The van der Waals surface area contributed by atoms with Gasteiger partial charge < -0.3 is 4.74 Å². The first kappa shape index (κ1) is 11.1. The van der Waals surface area contributed by atoms with Gasteiger partial charge in [-0.15, -0.1) is 0 Å². The Morgan fingerprint density at radius 3 is 3.00 bits per heavy atom. The van der Waals surface area contributed by atoms with E-state index in [4.69, 9.17) is 10.3 Å². The monoisotopic (exact) mass is 207 g/mol. The first-order valence-electron chi connectivity index (χ1n) is 4.29. The first-order valence-corrected chi connectivity index (χ1v) is 4.29. The third-order valence-corrected chi connectivity index (χ3v) is 1.76. The molecule has 1 aromatic carbocycles. The van der Waals surface area contributed by atoms with E-state index in [1.807, 2.05) is 0 Å². The number of hydrogen-bond donors (Lipinski definition) is 0. The number of hydrogen-bond acceptors (Lipinski definition) is 2. The molecule has 15 heavy (non-hydrogen) atoms. The van der Waals surface area contributed by atoms with Crippen LogP contribution in [0.25, 0.3) is 16.5 Å². The molecule has 0 N–H and O–H groups in total. The smallest absolute Gasteiger partial charge is 0.134 e. The Bertz CT molecular complexity index is 411. The van der Waals surface area contributed by atoms with Gasteiger partial charge in [-0.2, -0.15) is 0 Å². The summed E-state index contributed by atoms with van der Waals surface area (Å²) >= 11 is 0. The maximum absolute atomic E-state index is 13.3. The highest BCUT2D eigenvalue weighted by atomic mass is 19.1. The van der Waals surface area contributed by atoms with Gasteiger partial charge in [0.25, 0.3) is 0 Å². The lowest BCUT2D eigenvalue weighted by molar-refractivity contribution is 0.411. The molecule has 0 saturated carbocycles. The molecule has 0 radical (unpaired) electrons. The van der Waals surface area contributed by atoms with Crippen LogP contribution in [-0.2, 0) is 0 Å². The zero-order valence-electron chi connectivity index (χ0n) is 8.22. The third kappa shape index (κ3) is 3.32. The summed E-state index contributed by atoms with van der Waals surface area (Å²) in [6.07, 6.45) is 3.15. The molecule has 0 saturated heterocycles. The number of nitrogens with zero attached hydrogens (tertiary/aromatic N) is 3. The molecule has 0 aliphatic rings. The molecule has 78 valence electrons. The van der Waals surface area contributed by atoms with Gasteiger partial charge in [-0.3, -0.25) is 0 Å². The Hall–Kier alpha value is -2.00. The van der Waals surface area contributed by atoms with Crippen LogP contribution in [0.4, 0.5) is 4.39 Å². The average Bonchev–Trinajstić information content (AvgIpc) is 2.26. The zero-order chi connectivity index (χ0) is 11.1. The van der Waals surface area contributed by atoms with Gasteiger partial charge in [-0.1, -0.05) is 17.3 Å². The lowest BCUT2D eigenvalue weighted by Crippen LogP contribution is -1.86. The van der Waals surface area contributed by atoms with Crippen molar-refractivity contribution < 1.29 is 9.13 Å². The Morgan fingerprint density at radius 2 is 2.40 bits per heavy atom. The molecule has 5 heteroatoms. The van der Waals surface area contributed by atoms with Gasteiger partial charge in [-0.25, -0.2) is 4.39 Å². The number of benzene rings is 1. The number of methoxy groups -OCH3 is 1. The molecule has 0 spiro atoms. The maximum Gasteiger partial charge on any atom is 0.134 e. The van der Waals surface area contributed by atoms with Crippen molar-refractivity contribution in [1.82, 2.24) is 0 Å². The van der Waals surface area contributed by atoms with Gasteiger partial charge in [0, 0.05) is 23.1 Å². The van der Waals surface area contributed by atoms with Crippen LogP contribution in [0.15, 0.2) is 29.4 Å². The van der Waals surface area contributed by atoms with Crippen molar-refractivity contribution in [2.75, 3.05) is 13.7 Å². The van der Waals surface area contributed by atoms with Crippen LogP contribution < -0.4 is 4.74 Å². The number of ether oxygens (including phenoxy) is 1. The quantitative estimate of drug-likeness (QED) is 0.425. The summed E-state index contributed by atoms with van der Waals surface area (Å²) in [7, 11) is 1.48. The lowest BCUT2D eigenvalue weighted by Gasteiger charge is -2.01. The molecule has 0 unspecified atom stereocenters. The summed E-state index contributed by atoms with van der Waals surface area (Å²) in [5.41, 5.74) is 8.45. The van der Waals surface area contributed by atoms with E-state index in [0.717, 1.165) is 0 Å². The van der Waals surface area contributed by atoms with Crippen molar-refractivity contribution in [2.24, 2.45) is 5.11 Å². The molecular formula is C10H10FN3O. The summed E-state index contributed by atoms with van der Waals surface area (Å²) in [6, 6.07) is 4.56. The molecule has 0 amide bonds. The minimum absolute atomic E-state index is 0.210. The van der Waals surface area contributed by atoms with Gasteiger partial charge in [0.05, 0.1) is 7.11 Å². The van der Waals surface area contributed by atoms with Crippen molar-refractivity contribution in [2.45, 2.75) is 0 Å². The van der Waals surface area contributed by atoms with Crippen LogP contribution in [0.3, 0.4) is 0 Å². The molecule has 0 fully saturated rings. The molecule has 0 atom stereocenters. The molecular weight excluding hydrogens is 197 g/mol. The van der Waals surface area contributed by atoms with E-state index < -0.39 is 0 Å². The molecule has 0 aliphatic carbocycles. The SMILES string of the molecule is COc1ccc(C=CCN=[N+]=[N-])c(F)c1. The standard InChI is InChI=1S/C10H10FN3O/c1-15-9-5-4-8(10(11)7-9)3-2-6-13-14-12/h2-5,7H,6H2,1H3. The lowest BCUT2D eigenvalue weighted by atomic mass is 10.2. The highest BCUT2D eigenvalue weighted by Gasteiger charge is 1.99. The fourth-order valence-corrected chi connectivity index (χ4v) is 1.03. The number of azide groups is 1. The van der Waals surface area contributed by atoms with Gasteiger partial charge in [0.2, 0.25) is 0 Å². The molecule has 4 nitrogen and oxygen atoms in total. The highest BCUT2D eigenvalue weighted by Crippen LogP contribution is 2.17. The molecule has 0 aliphatic heterocycles. The zero-order valence-corrected chi connectivity index (χ0v) is 8.22. The number of rotatable bonds is 4. The van der Waals surface area contributed by atoms with Crippen molar-refractivity contribution >= 4 is 6.08 Å². The Kier molecular flexibility index (Phi) is 4.19. The van der Waals surface area contributed by atoms with Crippen molar-refractivity contribution in [1.29, 1.82) is 0 Å². The van der Waals surface area contributed by atoms with E-state index in [0.29, 0.717) is 11.3 Å². The van der Waals surface area contributed by atoms with E-state index in [1.165, 1.54) is 13.2 Å². The van der Waals surface area contributed by atoms with Gasteiger partial charge in [0.15, 0.2) is 0 Å². The minimum atomic E-state index is -0.369. The second kappa shape index (κ2) is 5.67. The van der Waals surface area contributed by atoms with Crippen molar-refractivity contribution in [3.8, 4) is 5.75 Å². The summed E-state index contributed by atoms with van der Waals surface area (Å²) in [6.45, 7) is 0.210. The van der Waals surface area contributed by atoms with Crippen molar-refractivity contribution in [3.63, 3.8) is 0 Å². The predicted octanol–water partition coefficient (Wildman–Crippen LogP) is 3.16. The molecule has 1 rings (SSSR count). The van der Waals surface area contributed by atoms with E-state index in [2.05, 4.69) is 10.0 Å². The van der Waals surface area contributed by atoms with Gasteiger partial charge in [0.1, 0.15) is 11.6 Å². The first-order chi connectivity index (χ1) is 7.27. The molecule has 0 aromatic heterocycles.